The van der Waals surface area contributed by atoms with E-state index in [2.05, 4.69) is 34.6 Å². The summed E-state index contributed by atoms with van der Waals surface area (Å²) in [7, 11) is -9.90. The van der Waals surface area contributed by atoms with Gasteiger partial charge in [0.1, 0.15) is 19.3 Å². The number of hydrogen-bond acceptors (Lipinski definition) is 15. The van der Waals surface area contributed by atoms with Gasteiger partial charge in [-0.05, 0) is 31.6 Å². The van der Waals surface area contributed by atoms with Crippen molar-refractivity contribution in [1.82, 2.24) is 0 Å². The molecule has 0 heterocycles. The molecule has 0 aromatic heterocycles. The van der Waals surface area contributed by atoms with Crippen LogP contribution in [-0.4, -0.2) is 96.7 Å². The summed E-state index contributed by atoms with van der Waals surface area (Å²) in [5, 5.41) is 10.6. The maximum atomic E-state index is 13.0. The van der Waals surface area contributed by atoms with Crippen molar-refractivity contribution < 1.29 is 80.2 Å². The Hall–Kier alpha value is -1.94. The highest BCUT2D eigenvalue weighted by atomic mass is 31.2. The van der Waals surface area contributed by atoms with Crippen molar-refractivity contribution in [3.05, 3.63) is 0 Å². The second-order valence-corrected chi connectivity index (χ2v) is 29.1. The molecule has 0 radical (unpaired) electrons. The topological polar surface area (TPSA) is 237 Å². The van der Waals surface area contributed by atoms with Crippen molar-refractivity contribution in [3.8, 4) is 0 Å². The zero-order valence-corrected chi connectivity index (χ0v) is 60.8. The number of carbonyl (C=O) groups is 4. The van der Waals surface area contributed by atoms with Gasteiger partial charge in [-0.25, -0.2) is 9.13 Å². The Morgan fingerprint density at radius 1 is 0.308 bits per heavy atom. The Bertz CT molecular complexity index is 1760. The summed E-state index contributed by atoms with van der Waals surface area (Å²) in [6.07, 6.45) is 52.5. The van der Waals surface area contributed by atoms with Crippen molar-refractivity contribution >= 4 is 39.5 Å². The van der Waals surface area contributed by atoms with Crippen LogP contribution in [0.2, 0.25) is 0 Å². The zero-order valence-electron chi connectivity index (χ0n) is 59.0. The van der Waals surface area contributed by atoms with Crippen LogP contribution in [0.3, 0.4) is 0 Å². The number of rotatable bonds is 72. The predicted octanol–water partition coefficient (Wildman–Crippen LogP) is 20.9. The van der Waals surface area contributed by atoms with Gasteiger partial charge in [-0.2, -0.15) is 0 Å². The molecule has 0 aromatic carbocycles. The average Bonchev–Trinajstić information content (AvgIpc) is 3.50. The van der Waals surface area contributed by atoms with Gasteiger partial charge in [-0.15, -0.1) is 0 Å². The summed E-state index contributed by atoms with van der Waals surface area (Å²) in [6, 6.07) is 0. The second-order valence-electron chi connectivity index (χ2n) is 26.2. The molecule has 0 saturated heterocycles. The lowest BCUT2D eigenvalue weighted by Crippen LogP contribution is -2.30. The Morgan fingerprint density at radius 2 is 0.527 bits per heavy atom. The van der Waals surface area contributed by atoms with E-state index in [1.807, 2.05) is 0 Å². The molecule has 540 valence electrons. The van der Waals surface area contributed by atoms with E-state index in [0.29, 0.717) is 25.7 Å². The van der Waals surface area contributed by atoms with Gasteiger partial charge in [-0.3, -0.25) is 37.3 Å². The van der Waals surface area contributed by atoms with Crippen LogP contribution in [0, 0.1) is 5.92 Å². The van der Waals surface area contributed by atoms with Gasteiger partial charge >= 0.3 is 39.5 Å². The van der Waals surface area contributed by atoms with Crippen LogP contribution in [0.4, 0.5) is 0 Å². The molecular weight excluding hydrogens is 1200 g/mol. The number of hydrogen-bond donors (Lipinski definition) is 3. The third kappa shape index (κ3) is 65.1. The first-order valence-corrected chi connectivity index (χ1v) is 40.7. The van der Waals surface area contributed by atoms with Gasteiger partial charge in [0.25, 0.3) is 0 Å². The highest BCUT2D eigenvalue weighted by Crippen LogP contribution is 2.45. The van der Waals surface area contributed by atoms with Gasteiger partial charge in [0.2, 0.25) is 0 Å². The number of esters is 4. The molecule has 19 heteroatoms. The molecule has 6 atom stereocenters. The van der Waals surface area contributed by atoms with E-state index in [1.54, 1.807) is 0 Å². The van der Waals surface area contributed by atoms with E-state index in [4.69, 9.17) is 37.0 Å². The number of phosphoric acid groups is 2. The fourth-order valence-electron chi connectivity index (χ4n) is 11.0. The fraction of sp³-hybridized carbons (Fsp3) is 0.944. The first-order chi connectivity index (χ1) is 44.1. The zero-order chi connectivity index (χ0) is 67.0. The first-order valence-electron chi connectivity index (χ1n) is 37.7. The molecule has 0 rings (SSSR count). The lowest BCUT2D eigenvalue weighted by molar-refractivity contribution is -0.161. The predicted molar refractivity (Wildman–Crippen MR) is 368 cm³/mol. The number of carbonyl (C=O) groups excluding carboxylic acids is 4. The normalized spacial score (nSPS) is 14.3. The first kappa shape index (κ1) is 89.1. The summed E-state index contributed by atoms with van der Waals surface area (Å²) in [4.78, 5) is 72.6. The summed E-state index contributed by atoms with van der Waals surface area (Å²) < 4.78 is 68.4. The quantitative estimate of drug-likeness (QED) is 0.0222. The van der Waals surface area contributed by atoms with E-state index in [0.717, 1.165) is 95.8 Å². The Labute approximate surface area is 556 Å². The molecule has 0 saturated carbocycles. The number of unbranched alkanes of at least 4 members (excludes halogenated alkanes) is 43. The standard InChI is InChI=1S/C72H140O17P2/c1-6-10-13-16-19-22-25-27-28-29-30-31-33-36-43-48-53-58-72(77)89-68(62-83-70(75)56-51-46-41-38-37-39-44-49-54-65(5)9-4)64-87-91(80,81)85-60-66(73)59-84-90(78,79)86-63-67(61-82-69(74)55-50-45-40-34-24-21-18-15-12-8-3)88-71(76)57-52-47-42-35-32-26-23-20-17-14-11-7-2/h65-68,73H,6-64H2,1-5H3,(H,78,79)(H,80,81)/t65?,66-,67+,68+/m0/s1. The summed E-state index contributed by atoms with van der Waals surface area (Å²) in [6.45, 7) is 7.26. The van der Waals surface area contributed by atoms with Crippen LogP contribution in [0.5, 0.6) is 0 Å². The minimum absolute atomic E-state index is 0.108. The third-order valence-electron chi connectivity index (χ3n) is 17.1. The second kappa shape index (κ2) is 65.4. The highest BCUT2D eigenvalue weighted by Gasteiger charge is 2.30. The van der Waals surface area contributed by atoms with Crippen molar-refractivity contribution in [2.45, 2.75) is 393 Å². The van der Waals surface area contributed by atoms with Gasteiger partial charge < -0.3 is 33.8 Å². The van der Waals surface area contributed by atoms with Crippen molar-refractivity contribution in [3.63, 3.8) is 0 Å². The molecule has 3 unspecified atom stereocenters. The van der Waals surface area contributed by atoms with Crippen LogP contribution < -0.4 is 0 Å². The van der Waals surface area contributed by atoms with Crippen LogP contribution in [-0.2, 0) is 65.4 Å². The molecule has 91 heavy (non-hydrogen) atoms. The smallest absolute Gasteiger partial charge is 0.462 e. The highest BCUT2D eigenvalue weighted by molar-refractivity contribution is 7.47. The maximum absolute atomic E-state index is 13.0. The van der Waals surface area contributed by atoms with Gasteiger partial charge in [0.05, 0.1) is 26.4 Å². The van der Waals surface area contributed by atoms with E-state index < -0.39 is 97.5 Å². The van der Waals surface area contributed by atoms with Gasteiger partial charge in [0.15, 0.2) is 12.2 Å². The number of ether oxygens (including phenoxy) is 4. The minimum Gasteiger partial charge on any atom is -0.462 e. The van der Waals surface area contributed by atoms with Crippen LogP contribution >= 0.6 is 15.6 Å². The van der Waals surface area contributed by atoms with Gasteiger partial charge in [0, 0.05) is 25.7 Å². The minimum atomic E-state index is -4.95. The number of aliphatic hydroxyl groups is 1. The van der Waals surface area contributed by atoms with Crippen LogP contribution in [0.1, 0.15) is 375 Å². The fourth-order valence-corrected chi connectivity index (χ4v) is 12.5. The largest absolute Gasteiger partial charge is 0.472 e. The molecule has 17 nitrogen and oxygen atoms in total. The van der Waals surface area contributed by atoms with Crippen molar-refractivity contribution in [1.29, 1.82) is 0 Å². The van der Waals surface area contributed by atoms with Crippen molar-refractivity contribution in [2.24, 2.45) is 5.92 Å². The molecule has 0 aliphatic carbocycles. The molecule has 0 aliphatic heterocycles. The molecule has 0 fully saturated rings. The Balaban J connectivity index is 5.24. The number of aliphatic hydroxyl groups excluding tert-OH is 1. The molecule has 0 spiro atoms. The van der Waals surface area contributed by atoms with Crippen LogP contribution in [0.15, 0.2) is 0 Å². The van der Waals surface area contributed by atoms with E-state index in [-0.39, 0.29) is 25.7 Å². The molecule has 0 aliphatic rings. The summed E-state index contributed by atoms with van der Waals surface area (Å²) in [5.74, 6) is -1.34. The lowest BCUT2D eigenvalue weighted by Gasteiger charge is -2.21. The molecular formula is C72H140O17P2. The third-order valence-corrected chi connectivity index (χ3v) is 19.0. The SMILES string of the molecule is CCCCCCCCCCCCCCCCCCCC(=O)O[C@H](COC(=O)CCCCCCCCCCC(C)CC)COP(=O)(O)OC[C@@H](O)COP(=O)(O)OC[C@@H](COC(=O)CCCCCCCCCCCC)OC(=O)CCCCCCCCCCCCCC. The maximum Gasteiger partial charge on any atom is 0.472 e. The summed E-state index contributed by atoms with van der Waals surface area (Å²) in [5.41, 5.74) is 0. The molecule has 0 amide bonds. The Kier molecular flexibility index (Phi) is 64.0. The monoisotopic (exact) mass is 1340 g/mol. The lowest BCUT2D eigenvalue weighted by atomic mass is 9.99. The Morgan fingerprint density at radius 3 is 0.780 bits per heavy atom. The van der Waals surface area contributed by atoms with E-state index >= 15 is 0 Å². The molecule has 0 bridgehead atoms. The summed E-state index contributed by atoms with van der Waals surface area (Å²) >= 11 is 0. The number of phosphoric ester groups is 2. The molecule has 3 N–H and O–H groups in total. The van der Waals surface area contributed by atoms with E-state index in [9.17, 15) is 43.2 Å². The van der Waals surface area contributed by atoms with Crippen LogP contribution in [0.25, 0.3) is 0 Å². The van der Waals surface area contributed by atoms with Crippen molar-refractivity contribution in [2.75, 3.05) is 39.6 Å². The average molecular weight is 1340 g/mol. The van der Waals surface area contributed by atoms with E-state index in [1.165, 1.54) is 199 Å². The molecule has 0 aromatic rings. The van der Waals surface area contributed by atoms with Gasteiger partial charge in [-0.1, -0.05) is 324 Å².